The van der Waals surface area contributed by atoms with Gasteiger partial charge in [0.15, 0.2) is 0 Å². The fourth-order valence-corrected chi connectivity index (χ4v) is 2.70. The first kappa shape index (κ1) is 34.2. The van der Waals surface area contributed by atoms with Gasteiger partial charge in [-0.3, -0.25) is 4.57 Å². The molecule has 2 N–H and O–H groups in total. The van der Waals surface area contributed by atoms with E-state index in [1.807, 2.05) is 0 Å². The zero-order chi connectivity index (χ0) is 24.8. The summed E-state index contributed by atoms with van der Waals surface area (Å²) in [6.45, 7) is -1.58. The van der Waals surface area contributed by atoms with Crippen LogP contribution in [0.4, 0.5) is 0 Å². The van der Waals surface area contributed by atoms with Crippen LogP contribution in [0.1, 0.15) is 0 Å². The predicted octanol–water partition coefficient (Wildman–Crippen LogP) is 4.07. The van der Waals surface area contributed by atoms with Crippen molar-refractivity contribution < 1.29 is 42.8 Å². The van der Waals surface area contributed by atoms with Gasteiger partial charge in [0.2, 0.25) is 0 Å². The first-order valence-corrected chi connectivity index (χ1v) is 13.8. The summed E-state index contributed by atoms with van der Waals surface area (Å²) >= 11 is 45.5. The Bertz CT molecular complexity index is 457. The smallest absolute Gasteiger partial charge is 0.319 e. The van der Waals surface area contributed by atoms with Gasteiger partial charge in [0.25, 0.3) is 0 Å². The predicted molar refractivity (Wildman–Crippen MR) is 126 cm³/mol. The topological polar surface area (TPSA) is 113 Å². The molecule has 194 valence electrons. The third-order valence-electron chi connectivity index (χ3n) is 2.88. The fourth-order valence-electron chi connectivity index (χ4n) is 1.39. The second kappa shape index (κ2) is 18.5. The molecule has 0 aliphatic heterocycles. The Morgan fingerprint density at radius 2 is 0.812 bits per heavy atom. The summed E-state index contributed by atoms with van der Waals surface area (Å²) in [6, 6.07) is 0. The van der Waals surface area contributed by atoms with Crippen LogP contribution in [-0.2, 0) is 32.6 Å². The number of rotatable bonds is 20. The Hall–Kier alpha value is 2.23. The molecule has 32 heavy (non-hydrogen) atoms. The van der Waals surface area contributed by atoms with Crippen molar-refractivity contribution in [1.82, 2.24) is 0 Å². The van der Waals surface area contributed by atoms with Crippen molar-refractivity contribution in [2.75, 3.05) is 49.9 Å². The summed E-state index contributed by atoms with van der Waals surface area (Å²) in [4.78, 5) is 0. The Morgan fingerprint density at radius 1 is 0.594 bits per heavy atom. The highest BCUT2D eigenvalue weighted by Crippen LogP contribution is 2.37. The van der Waals surface area contributed by atoms with E-state index in [0.717, 1.165) is 0 Å². The maximum atomic E-state index is 12.4. The van der Waals surface area contributed by atoms with E-state index in [-0.39, 0.29) is 23.5 Å². The van der Waals surface area contributed by atoms with Crippen LogP contribution in [-0.4, -0.2) is 94.0 Å². The molecule has 0 fully saturated rings. The molecule has 0 radical (unpaired) electrons. The van der Waals surface area contributed by atoms with Crippen LogP contribution in [0.5, 0.6) is 0 Å². The number of alkyl halides is 8. The largest absolute Gasteiger partial charge is 0.417 e. The zero-order valence-corrected chi connectivity index (χ0v) is 23.3. The van der Waals surface area contributed by atoms with Gasteiger partial charge in [-0.15, -0.1) is 92.8 Å². The Morgan fingerprint density at radius 3 is 1.00 bits per heavy atom. The SMILES string of the molecule is O=[PH](OC(O)(OCC(Cl)CCl)OCC(Cl)CCl)OC(O)(OCC(Cl)CCl)OCC(Cl)CCl. The number of halogens is 8. The molecular weight excluding hydrogens is 627 g/mol. The fraction of sp³-hybridized carbons (Fsp3) is 1.00. The van der Waals surface area contributed by atoms with Crippen molar-refractivity contribution in [2.45, 2.75) is 33.8 Å². The lowest BCUT2D eigenvalue weighted by atomic mass is 10.5. The summed E-state index contributed by atoms with van der Waals surface area (Å²) in [5, 5.41) is 17.8. The van der Waals surface area contributed by atoms with E-state index in [9.17, 15) is 14.8 Å². The van der Waals surface area contributed by atoms with Crippen LogP contribution >= 0.6 is 101 Å². The van der Waals surface area contributed by atoms with Gasteiger partial charge < -0.3 is 29.2 Å². The maximum Gasteiger partial charge on any atom is 0.417 e. The molecule has 0 amide bonds. The molecular formula is C14H23Cl8O9P. The van der Waals surface area contributed by atoms with Gasteiger partial charge in [0.1, 0.15) is 0 Å². The summed E-state index contributed by atoms with van der Waals surface area (Å²) in [5.41, 5.74) is 0. The van der Waals surface area contributed by atoms with Gasteiger partial charge >= 0.3 is 20.6 Å². The molecule has 0 aliphatic carbocycles. The van der Waals surface area contributed by atoms with Gasteiger partial charge in [-0.2, -0.15) is 0 Å². The lowest BCUT2D eigenvalue weighted by Gasteiger charge is -2.31. The van der Waals surface area contributed by atoms with Crippen molar-refractivity contribution in [2.24, 2.45) is 0 Å². The standard InChI is InChI=1S/C14H23Cl8O9P/c15-1-9(19)5-26-13(23,27-6-10(20)2-16)30-32(25)31-14(24,28-7-11(21)3-17)29-8-12(22)4-18/h9-12,23-24,32H,1-8H2. The lowest BCUT2D eigenvalue weighted by molar-refractivity contribution is -0.473. The molecule has 0 spiro atoms. The quantitative estimate of drug-likeness (QED) is 0.115. The molecule has 0 aromatic heterocycles. The Balaban J connectivity index is 5.27. The maximum absolute atomic E-state index is 12.4. The van der Waals surface area contributed by atoms with Gasteiger partial charge in [0.05, 0.1) is 47.9 Å². The zero-order valence-electron chi connectivity index (χ0n) is 16.2. The van der Waals surface area contributed by atoms with Crippen LogP contribution in [0.2, 0.25) is 0 Å². The molecule has 0 aliphatic rings. The van der Waals surface area contributed by atoms with Crippen molar-refractivity contribution in [3.05, 3.63) is 0 Å². The van der Waals surface area contributed by atoms with Crippen molar-refractivity contribution in [3.8, 4) is 0 Å². The second-order valence-corrected chi connectivity index (χ2v) is 10.4. The van der Waals surface area contributed by atoms with Crippen LogP contribution in [0.25, 0.3) is 0 Å². The average Bonchev–Trinajstić information content (AvgIpc) is 2.77. The molecule has 0 rings (SSSR count). The molecule has 4 unspecified atom stereocenters. The first-order chi connectivity index (χ1) is 14.9. The highest BCUT2D eigenvalue weighted by atomic mass is 35.5. The minimum atomic E-state index is -3.87. The molecule has 0 heterocycles. The molecule has 18 heteroatoms. The van der Waals surface area contributed by atoms with Gasteiger partial charge in [-0.05, 0) is 0 Å². The summed E-state index contributed by atoms with van der Waals surface area (Å²) in [7, 11) is -3.87. The van der Waals surface area contributed by atoms with Crippen molar-refractivity contribution >= 4 is 101 Å². The Kier molecular flexibility index (Phi) is 19.8. The van der Waals surface area contributed by atoms with E-state index in [1.54, 1.807) is 0 Å². The number of hydrogen-bond donors (Lipinski definition) is 2. The molecule has 9 nitrogen and oxygen atoms in total. The van der Waals surface area contributed by atoms with E-state index < -0.39 is 68.5 Å². The minimum absolute atomic E-state index is 0.0507. The van der Waals surface area contributed by atoms with Crippen molar-refractivity contribution in [3.63, 3.8) is 0 Å². The molecule has 0 bridgehead atoms. The molecule has 0 aromatic rings. The molecule has 0 aromatic carbocycles. The Labute approximate surface area is 226 Å². The van der Waals surface area contributed by atoms with E-state index in [1.165, 1.54) is 0 Å². The highest BCUT2D eigenvalue weighted by Gasteiger charge is 2.41. The number of hydrogen-bond acceptors (Lipinski definition) is 9. The van der Waals surface area contributed by atoms with Crippen LogP contribution in [0.3, 0.4) is 0 Å². The lowest BCUT2D eigenvalue weighted by Crippen LogP contribution is -2.43. The number of aliphatic hydroxyl groups is 2. The van der Waals surface area contributed by atoms with Gasteiger partial charge in [-0.25, -0.2) is 9.05 Å². The third kappa shape index (κ3) is 16.1. The van der Waals surface area contributed by atoms with Gasteiger partial charge in [0, 0.05) is 23.5 Å². The van der Waals surface area contributed by atoms with Crippen LogP contribution in [0.15, 0.2) is 0 Å². The third-order valence-corrected chi connectivity index (χ3v) is 6.97. The van der Waals surface area contributed by atoms with Crippen LogP contribution in [0, 0.1) is 0 Å². The van der Waals surface area contributed by atoms with E-state index >= 15 is 0 Å². The average molecular weight is 650 g/mol. The normalized spacial score (nSPS) is 20.7. The van der Waals surface area contributed by atoms with Crippen LogP contribution < -0.4 is 0 Å². The molecule has 4 atom stereocenters. The highest BCUT2D eigenvalue weighted by molar-refractivity contribution is 7.33. The second-order valence-electron chi connectivity index (χ2n) is 5.75. The summed E-state index contributed by atoms with van der Waals surface area (Å²) < 4.78 is 41.9. The van der Waals surface area contributed by atoms with E-state index in [0.29, 0.717) is 0 Å². The monoisotopic (exact) mass is 646 g/mol. The van der Waals surface area contributed by atoms with E-state index in [4.69, 9.17) is 121 Å². The molecule has 0 saturated carbocycles. The summed E-state index contributed by atoms with van der Waals surface area (Å²) in [6.07, 6.45) is -5.93. The van der Waals surface area contributed by atoms with Crippen molar-refractivity contribution in [1.29, 1.82) is 0 Å². The number of ether oxygens (including phenoxy) is 4. The van der Waals surface area contributed by atoms with Gasteiger partial charge in [-0.1, -0.05) is 0 Å². The van der Waals surface area contributed by atoms with E-state index in [2.05, 4.69) is 0 Å². The first-order valence-electron chi connectivity index (χ1n) is 8.65. The minimum Gasteiger partial charge on any atom is -0.319 e. The summed E-state index contributed by atoms with van der Waals surface area (Å²) in [5.74, 6) is -0.203. The molecule has 0 saturated heterocycles.